The van der Waals surface area contributed by atoms with Gasteiger partial charge in [0.1, 0.15) is 17.8 Å². The van der Waals surface area contributed by atoms with Crippen LogP contribution in [0.25, 0.3) is 0 Å². The van der Waals surface area contributed by atoms with Crippen LogP contribution in [0.3, 0.4) is 0 Å². The molecule has 8 heteroatoms. The van der Waals surface area contributed by atoms with E-state index in [4.69, 9.17) is 5.73 Å². The number of carbonyl (C=O) groups excluding carboxylic acids is 2. The molecule has 1 aliphatic rings. The topological polar surface area (TPSA) is 133 Å². The number of hydrogen-bond donors (Lipinski definition) is 4. The normalized spacial score (nSPS) is 19.0. The fourth-order valence-electron chi connectivity index (χ4n) is 3.13. The first kappa shape index (κ1) is 20.7. The van der Waals surface area contributed by atoms with Gasteiger partial charge in [-0.3, -0.25) is 9.59 Å². The van der Waals surface area contributed by atoms with Crippen molar-refractivity contribution in [3.05, 3.63) is 29.8 Å². The fourth-order valence-corrected chi connectivity index (χ4v) is 3.13. The Morgan fingerprint density at radius 2 is 1.89 bits per heavy atom. The van der Waals surface area contributed by atoms with Gasteiger partial charge in [-0.25, -0.2) is 4.79 Å². The highest BCUT2D eigenvalue weighted by atomic mass is 16.4. The van der Waals surface area contributed by atoms with E-state index in [9.17, 15) is 24.6 Å². The van der Waals surface area contributed by atoms with Crippen molar-refractivity contribution in [2.75, 3.05) is 6.54 Å². The number of phenols is 1. The van der Waals surface area contributed by atoms with Gasteiger partial charge in [0, 0.05) is 13.0 Å². The summed E-state index contributed by atoms with van der Waals surface area (Å²) in [7, 11) is 0. The minimum absolute atomic E-state index is 0.0953. The van der Waals surface area contributed by atoms with Crippen molar-refractivity contribution >= 4 is 17.8 Å². The molecule has 1 aliphatic heterocycles. The Hall–Kier alpha value is -2.61. The van der Waals surface area contributed by atoms with Gasteiger partial charge >= 0.3 is 5.97 Å². The van der Waals surface area contributed by atoms with Crippen LogP contribution in [0.4, 0.5) is 0 Å². The molecule has 0 unspecified atom stereocenters. The molecule has 5 N–H and O–H groups in total. The average Bonchev–Trinajstić information content (AvgIpc) is 3.11. The molecule has 1 saturated heterocycles. The summed E-state index contributed by atoms with van der Waals surface area (Å²) in [5.41, 5.74) is 6.62. The Labute approximate surface area is 158 Å². The molecule has 0 saturated carbocycles. The van der Waals surface area contributed by atoms with Crippen molar-refractivity contribution in [2.24, 2.45) is 11.7 Å². The zero-order chi connectivity index (χ0) is 20.1. The van der Waals surface area contributed by atoms with Crippen molar-refractivity contribution in [2.45, 2.75) is 51.2 Å². The van der Waals surface area contributed by atoms with Gasteiger partial charge in [-0.05, 0) is 36.5 Å². The van der Waals surface area contributed by atoms with Crippen LogP contribution >= 0.6 is 0 Å². The molecule has 2 amide bonds. The molecular weight excluding hydrogens is 350 g/mol. The lowest BCUT2D eigenvalue weighted by molar-refractivity contribution is -0.149. The van der Waals surface area contributed by atoms with Crippen molar-refractivity contribution in [3.8, 4) is 5.75 Å². The highest BCUT2D eigenvalue weighted by molar-refractivity contribution is 5.92. The van der Waals surface area contributed by atoms with Crippen molar-refractivity contribution in [1.29, 1.82) is 0 Å². The number of amides is 2. The standard InChI is InChI=1S/C19H27N3O5/c1-11(2)16(20)17(24)21-14(10-12-5-7-13(23)8-6-12)18(25)22-9-3-4-15(22)19(26)27/h5-8,11,14-16,23H,3-4,9-10,20H2,1-2H3,(H,21,24)(H,26,27)/t14-,15-,16-/m1/s1. The van der Waals surface area contributed by atoms with Crippen molar-refractivity contribution < 1.29 is 24.6 Å². The van der Waals surface area contributed by atoms with E-state index in [1.54, 1.807) is 12.1 Å². The van der Waals surface area contributed by atoms with E-state index in [-0.39, 0.29) is 18.1 Å². The van der Waals surface area contributed by atoms with E-state index >= 15 is 0 Å². The molecule has 27 heavy (non-hydrogen) atoms. The zero-order valence-corrected chi connectivity index (χ0v) is 15.6. The number of hydrogen-bond acceptors (Lipinski definition) is 5. The third-order valence-corrected chi connectivity index (χ3v) is 4.83. The van der Waals surface area contributed by atoms with Gasteiger partial charge in [-0.15, -0.1) is 0 Å². The second kappa shape index (κ2) is 8.85. The summed E-state index contributed by atoms with van der Waals surface area (Å²) < 4.78 is 0. The maximum absolute atomic E-state index is 13.0. The Balaban J connectivity index is 2.22. The third kappa shape index (κ3) is 5.19. The monoisotopic (exact) mass is 377 g/mol. The number of carboxylic acids is 1. The molecule has 1 aromatic rings. The summed E-state index contributed by atoms with van der Waals surface area (Å²) in [6, 6.07) is 3.73. The van der Waals surface area contributed by atoms with E-state index in [0.29, 0.717) is 19.4 Å². The predicted molar refractivity (Wildman–Crippen MR) is 98.9 cm³/mol. The van der Waals surface area contributed by atoms with Crippen LogP contribution in [0, 0.1) is 5.92 Å². The largest absolute Gasteiger partial charge is 0.508 e. The number of aromatic hydroxyl groups is 1. The lowest BCUT2D eigenvalue weighted by Gasteiger charge is -2.28. The van der Waals surface area contributed by atoms with Crippen molar-refractivity contribution in [1.82, 2.24) is 10.2 Å². The number of carboxylic acid groups (broad SMARTS) is 1. The lowest BCUT2D eigenvalue weighted by Crippen LogP contribution is -2.56. The van der Waals surface area contributed by atoms with Gasteiger partial charge in [0.25, 0.3) is 0 Å². The fraction of sp³-hybridized carbons (Fsp3) is 0.526. The second-order valence-corrected chi connectivity index (χ2v) is 7.23. The molecule has 148 valence electrons. The third-order valence-electron chi connectivity index (χ3n) is 4.83. The number of carbonyl (C=O) groups is 3. The van der Waals surface area contributed by atoms with Crippen LogP contribution in [-0.4, -0.2) is 57.6 Å². The van der Waals surface area contributed by atoms with Gasteiger partial charge in [0.2, 0.25) is 11.8 Å². The van der Waals surface area contributed by atoms with Crippen LogP contribution in [0.2, 0.25) is 0 Å². The molecule has 1 aromatic carbocycles. The van der Waals surface area contributed by atoms with Crippen LogP contribution < -0.4 is 11.1 Å². The molecule has 1 fully saturated rings. The summed E-state index contributed by atoms with van der Waals surface area (Å²) in [6.45, 7) is 3.96. The molecule has 0 aromatic heterocycles. The zero-order valence-electron chi connectivity index (χ0n) is 15.6. The van der Waals surface area contributed by atoms with Gasteiger partial charge in [0.05, 0.1) is 6.04 Å². The first-order chi connectivity index (χ1) is 12.7. The Kier molecular flexibility index (Phi) is 6.79. The SMILES string of the molecule is CC(C)[C@@H](N)C(=O)N[C@H](Cc1ccc(O)cc1)C(=O)N1CCC[C@@H]1C(=O)O. The molecule has 0 aliphatic carbocycles. The molecule has 3 atom stereocenters. The second-order valence-electron chi connectivity index (χ2n) is 7.23. The summed E-state index contributed by atoms with van der Waals surface area (Å²) >= 11 is 0. The van der Waals surface area contributed by atoms with Crippen molar-refractivity contribution in [3.63, 3.8) is 0 Å². The molecule has 0 radical (unpaired) electrons. The summed E-state index contributed by atoms with van der Waals surface area (Å²) in [5, 5.41) is 21.5. The number of nitrogens with zero attached hydrogens (tertiary/aromatic N) is 1. The number of nitrogens with two attached hydrogens (primary N) is 1. The number of nitrogens with one attached hydrogen (secondary N) is 1. The minimum Gasteiger partial charge on any atom is -0.508 e. The quantitative estimate of drug-likeness (QED) is 0.546. The van der Waals surface area contributed by atoms with Crippen LogP contribution in [-0.2, 0) is 20.8 Å². The Morgan fingerprint density at radius 3 is 2.44 bits per heavy atom. The maximum Gasteiger partial charge on any atom is 0.326 e. The summed E-state index contributed by atoms with van der Waals surface area (Å²) in [4.78, 5) is 38.2. The van der Waals surface area contributed by atoms with Crippen LogP contribution in [0.5, 0.6) is 5.75 Å². The van der Waals surface area contributed by atoms with Gasteiger partial charge < -0.3 is 26.2 Å². The van der Waals surface area contributed by atoms with E-state index in [1.807, 2.05) is 13.8 Å². The highest BCUT2D eigenvalue weighted by Crippen LogP contribution is 2.20. The minimum atomic E-state index is -1.05. The van der Waals surface area contributed by atoms with Crippen LogP contribution in [0.15, 0.2) is 24.3 Å². The van der Waals surface area contributed by atoms with Gasteiger partial charge in [0.15, 0.2) is 0 Å². The Bertz CT molecular complexity index is 689. The molecule has 8 nitrogen and oxygen atoms in total. The number of likely N-dealkylation sites (tertiary alicyclic amines) is 1. The number of aliphatic carboxylic acids is 1. The smallest absolute Gasteiger partial charge is 0.326 e. The first-order valence-electron chi connectivity index (χ1n) is 9.08. The molecule has 0 bridgehead atoms. The Morgan fingerprint density at radius 1 is 1.26 bits per heavy atom. The van der Waals surface area contributed by atoms with E-state index in [1.165, 1.54) is 17.0 Å². The highest BCUT2D eigenvalue weighted by Gasteiger charge is 2.38. The lowest BCUT2D eigenvalue weighted by atomic mass is 10.0. The van der Waals surface area contributed by atoms with E-state index < -0.39 is 35.9 Å². The maximum atomic E-state index is 13.0. The molecule has 2 rings (SSSR count). The summed E-state index contributed by atoms with van der Waals surface area (Å²) in [6.07, 6.45) is 1.18. The average molecular weight is 377 g/mol. The van der Waals surface area contributed by atoms with Crippen LogP contribution in [0.1, 0.15) is 32.3 Å². The number of rotatable bonds is 7. The van der Waals surface area contributed by atoms with Gasteiger partial charge in [-0.1, -0.05) is 26.0 Å². The molecule has 1 heterocycles. The molecule has 0 spiro atoms. The van der Waals surface area contributed by atoms with E-state index in [0.717, 1.165) is 5.56 Å². The van der Waals surface area contributed by atoms with Gasteiger partial charge in [-0.2, -0.15) is 0 Å². The summed E-state index contributed by atoms with van der Waals surface area (Å²) in [5.74, 6) is -1.94. The number of benzene rings is 1. The molecular formula is C19H27N3O5. The van der Waals surface area contributed by atoms with E-state index in [2.05, 4.69) is 5.32 Å². The number of phenolic OH excluding ortho intramolecular Hbond substituents is 1. The predicted octanol–water partition coefficient (Wildman–Crippen LogP) is 0.478. The first-order valence-corrected chi connectivity index (χ1v) is 9.08.